The zero-order chi connectivity index (χ0) is 17.2. The van der Waals surface area contributed by atoms with Crippen LogP contribution in [0.15, 0.2) is 42.7 Å². The number of benzene rings is 1. The van der Waals surface area contributed by atoms with Gasteiger partial charge in [0, 0.05) is 31.5 Å². The fraction of sp³-hybridized carbons (Fsp3) is 0.316. The molecule has 1 fully saturated rings. The molecule has 1 aromatic carbocycles. The van der Waals surface area contributed by atoms with Crippen molar-refractivity contribution in [2.75, 3.05) is 18.0 Å². The third-order valence-corrected chi connectivity index (χ3v) is 5.64. The van der Waals surface area contributed by atoms with Crippen molar-refractivity contribution in [2.24, 2.45) is 0 Å². The van der Waals surface area contributed by atoms with Gasteiger partial charge in [0.2, 0.25) is 0 Å². The largest absolute Gasteiger partial charge is 0.347 e. The second-order valence-electron chi connectivity index (χ2n) is 6.42. The minimum Gasteiger partial charge on any atom is -0.347 e. The molecule has 1 aliphatic heterocycles. The summed E-state index contributed by atoms with van der Waals surface area (Å²) in [6.07, 6.45) is 5.32. The van der Waals surface area contributed by atoms with Crippen LogP contribution in [0, 0.1) is 6.92 Å². The topological polar surface area (TPSA) is 58.1 Å². The van der Waals surface area contributed by atoms with E-state index in [0.29, 0.717) is 5.56 Å². The van der Waals surface area contributed by atoms with Crippen molar-refractivity contribution in [1.29, 1.82) is 0 Å². The minimum atomic E-state index is -0.0555. The maximum atomic E-state index is 12.4. The summed E-state index contributed by atoms with van der Waals surface area (Å²) in [6, 6.07) is 10.0. The molecule has 1 unspecified atom stereocenters. The van der Waals surface area contributed by atoms with Crippen LogP contribution >= 0.6 is 11.3 Å². The minimum absolute atomic E-state index is 0.0555. The molecule has 4 rings (SSSR count). The van der Waals surface area contributed by atoms with Gasteiger partial charge in [-0.3, -0.25) is 9.78 Å². The van der Waals surface area contributed by atoms with Crippen LogP contribution in [0.4, 0.5) is 5.13 Å². The average molecular weight is 352 g/mol. The molecule has 0 radical (unpaired) electrons. The molecule has 1 amide bonds. The standard InChI is InChI=1S/C19H20N4OS/c1-13-5-2-8-16-17(13)22-19(25-16)23-10-4-7-15(12-23)21-18(24)14-6-3-9-20-11-14/h2-3,5-6,8-9,11,15H,4,7,10,12H2,1H3,(H,21,24). The van der Waals surface area contributed by atoms with E-state index in [-0.39, 0.29) is 11.9 Å². The Labute approximate surface area is 150 Å². The molecule has 2 aromatic heterocycles. The summed E-state index contributed by atoms with van der Waals surface area (Å²) in [4.78, 5) is 23.5. The zero-order valence-corrected chi connectivity index (χ0v) is 14.9. The predicted molar refractivity (Wildman–Crippen MR) is 101 cm³/mol. The molecule has 0 bridgehead atoms. The number of carbonyl (C=O) groups is 1. The number of piperidine rings is 1. The van der Waals surface area contributed by atoms with Gasteiger partial charge in [0.1, 0.15) is 0 Å². The number of nitrogens with one attached hydrogen (secondary N) is 1. The number of amides is 1. The van der Waals surface area contributed by atoms with Crippen molar-refractivity contribution in [3.8, 4) is 0 Å². The second-order valence-corrected chi connectivity index (χ2v) is 7.43. The lowest BCUT2D eigenvalue weighted by atomic mass is 10.1. The average Bonchev–Trinajstić information content (AvgIpc) is 3.08. The lowest BCUT2D eigenvalue weighted by Crippen LogP contribution is -2.47. The fourth-order valence-electron chi connectivity index (χ4n) is 3.24. The first-order valence-corrected chi connectivity index (χ1v) is 9.34. The van der Waals surface area contributed by atoms with Crippen molar-refractivity contribution < 1.29 is 4.79 Å². The number of carbonyl (C=O) groups excluding carboxylic acids is 1. The Morgan fingerprint density at radius 1 is 1.32 bits per heavy atom. The van der Waals surface area contributed by atoms with Crippen molar-refractivity contribution >= 4 is 32.6 Å². The Morgan fingerprint density at radius 2 is 2.24 bits per heavy atom. The molecule has 5 nitrogen and oxygen atoms in total. The molecule has 1 aliphatic rings. The van der Waals surface area contributed by atoms with E-state index in [1.807, 2.05) is 0 Å². The highest BCUT2D eigenvalue weighted by molar-refractivity contribution is 7.22. The summed E-state index contributed by atoms with van der Waals surface area (Å²) in [5.41, 5.74) is 2.90. The van der Waals surface area contributed by atoms with Crippen LogP contribution in [0.3, 0.4) is 0 Å². The van der Waals surface area contributed by atoms with Gasteiger partial charge in [-0.15, -0.1) is 0 Å². The number of aromatic nitrogens is 2. The van der Waals surface area contributed by atoms with Crippen LogP contribution in [0.5, 0.6) is 0 Å². The third-order valence-electron chi connectivity index (χ3n) is 4.56. The number of fused-ring (bicyclic) bond motifs is 1. The van der Waals surface area contributed by atoms with E-state index in [1.165, 1.54) is 10.3 Å². The van der Waals surface area contributed by atoms with Crippen molar-refractivity contribution in [2.45, 2.75) is 25.8 Å². The number of rotatable bonds is 3. The first-order valence-electron chi connectivity index (χ1n) is 8.53. The lowest BCUT2D eigenvalue weighted by molar-refractivity contribution is 0.0933. The Kier molecular flexibility index (Phi) is 4.36. The van der Waals surface area contributed by atoms with Crippen LogP contribution in [0.2, 0.25) is 0 Å². The van der Waals surface area contributed by atoms with Crippen molar-refractivity contribution in [1.82, 2.24) is 15.3 Å². The van der Waals surface area contributed by atoms with Gasteiger partial charge in [-0.2, -0.15) is 0 Å². The lowest BCUT2D eigenvalue weighted by Gasteiger charge is -2.32. The molecule has 128 valence electrons. The number of pyridine rings is 1. The predicted octanol–water partition coefficient (Wildman–Crippen LogP) is 3.40. The summed E-state index contributed by atoms with van der Waals surface area (Å²) >= 11 is 1.73. The van der Waals surface area contributed by atoms with Gasteiger partial charge in [-0.25, -0.2) is 4.98 Å². The van der Waals surface area contributed by atoms with E-state index in [0.717, 1.165) is 36.6 Å². The van der Waals surface area contributed by atoms with Crippen LogP contribution in [0.1, 0.15) is 28.8 Å². The Balaban J connectivity index is 1.48. The number of anilines is 1. The Morgan fingerprint density at radius 3 is 3.04 bits per heavy atom. The summed E-state index contributed by atoms with van der Waals surface area (Å²) in [7, 11) is 0. The number of hydrogen-bond donors (Lipinski definition) is 1. The van der Waals surface area contributed by atoms with E-state index in [2.05, 4.69) is 40.3 Å². The number of hydrogen-bond acceptors (Lipinski definition) is 5. The highest BCUT2D eigenvalue weighted by Gasteiger charge is 2.24. The highest BCUT2D eigenvalue weighted by Crippen LogP contribution is 2.31. The van der Waals surface area contributed by atoms with Crippen LogP contribution in [0.25, 0.3) is 10.2 Å². The van der Waals surface area contributed by atoms with E-state index < -0.39 is 0 Å². The maximum absolute atomic E-state index is 12.4. The fourth-order valence-corrected chi connectivity index (χ4v) is 4.32. The van der Waals surface area contributed by atoms with E-state index in [9.17, 15) is 4.79 Å². The molecule has 6 heteroatoms. The zero-order valence-electron chi connectivity index (χ0n) is 14.1. The SMILES string of the molecule is Cc1cccc2sc(N3CCCC(NC(=O)c4cccnc4)C3)nc12. The first-order chi connectivity index (χ1) is 12.2. The molecule has 1 atom stereocenters. The third kappa shape index (κ3) is 3.35. The van der Waals surface area contributed by atoms with Crippen LogP contribution < -0.4 is 10.2 Å². The van der Waals surface area contributed by atoms with E-state index in [4.69, 9.17) is 4.98 Å². The van der Waals surface area contributed by atoms with E-state index in [1.54, 1.807) is 35.9 Å². The summed E-state index contributed by atoms with van der Waals surface area (Å²) in [6.45, 7) is 3.88. The number of thiazole rings is 1. The molecule has 0 aliphatic carbocycles. The molecule has 0 spiro atoms. The van der Waals surface area contributed by atoms with Crippen LogP contribution in [-0.4, -0.2) is 35.0 Å². The van der Waals surface area contributed by atoms with Crippen molar-refractivity contribution in [3.05, 3.63) is 53.9 Å². The monoisotopic (exact) mass is 352 g/mol. The molecule has 0 saturated carbocycles. The quantitative estimate of drug-likeness (QED) is 0.785. The molecule has 1 N–H and O–H groups in total. The second kappa shape index (κ2) is 6.80. The molecule has 1 saturated heterocycles. The Bertz CT molecular complexity index is 893. The van der Waals surface area contributed by atoms with Crippen LogP contribution in [-0.2, 0) is 0 Å². The van der Waals surface area contributed by atoms with Gasteiger partial charge in [-0.1, -0.05) is 23.5 Å². The molecule has 3 heterocycles. The van der Waals surface area contributed by atoms with Gasteiger partial charge in [0.05, 0.1) is 15.8 Å². The molecule has 25 heavy (non-hydrogen) atoms. The maximum Gasteiger partial charge on any atom is 0.253 e. The molecule has 3 aromatic rings. The van der Waals surface area contributed by atoms with Gasteiger partial charge in [0.15, 0.2) is 5.13 Å². The van der Waals surface area contributed by atoms with Gasteiger partial charge in [-0.05, 0) is 43.5 Å². The van der Waals surface area contributed by atoms with Crippen molar-refractivity contribution in [3.63, 3.8) is 0 Å². The normalized spacial score (nSPS) is 17.6. The van der Waals surface area contributed by atoms with E-state index >= 15 is 0 Å². The number of aryl methyl sites for hydroxylation is 1. The van der Waals surface area contributed by atoms with Gasteiger partial charge < -0.3 is 10.2 Å². The summed E-state index contributed by atoms with van der Waals surface area (Å²) in [5.74, 6) is -0.0555. The van der Waals surface area contributed by atoms with Gasteiger partial charge in [0.25, 0.3) is 5.91 Å². The molecular formula is C19H20N4OS. The number of para-hydroxylation sites is 1. The molecular weight excluding hydrogens is 332 g/mol. The number of nitrogens with zero attached hydrogens (tertiary/aromatic N) is 3. The first kappa shape index (κ1) is 16.0. The van der Waals surface area contributed by atoms with Gasteiger partial charge >= 0.3 is 0 Å². The highest BCUT2D eigenvalue weighted by atomic mass is 32.1. The smallest absolute Gasteiger partial charge is 0.253 e. The summed E-state index contributed by atoms with van der Waals surface area (Å²) < 4.78 is 1.22. The summed E-state index contributed by atoms with van der Waals surface area (Å²) in [5, 5.41) is 4.18. The Hall–Kier alpha value is -2.47.